The first-order valence-electron chi connectivity index (χ1n) is 5.59. The van der Waals surface area contributed by atoms with E-state index in [0.717, 1.165) is 18.5 Å². The molecule has 6 heteroatoms. The van der Waals surface area contributed by atoms with Gasteiger partial charge in [0.25, 0.3) is 0 Å². The van der Waals surface area contributed by atoms with Crippen molar-refractivity contribution in [2.24, 2.45) is 4.99 Å². The van der Waals surface area contributed by atoms with Crippen LogP contribution in [0.15, 0.2) is 23.2 Å². The van der Waals surface area contributed by atoms with Crippen LogP contribution in [0.3, 0.4) is 0 Å². The molecule has 0 unspecified atom stereocenters. The SMILES string of the molecule is CCCNC(=NC)NCc1ccc(O)c(F)c1.I. The molecule has 0 aliphatic rings. The van der Waals surface area contributed by atoms with Gasteiger partial charge in [0, 0.05) is 20.1 Å². The number of nitrogens with zero attached hydrogens (tertiary/aromatic N) is 1. The number of benzene rings is 1. The summed E-state index contributed by atoms with van der Waals surface area (Å²) in [5.41, 5.74) is 0.750. The molecule has 1 aromatic carbocycles. The maximum Gasteiger partial charge on any atom is 0.191 e. The third kappa shape index (κ3) is 5.52. The number of hydrogen-bond donors (Lipinski definition) is 3. The first-order valence-corrected chi connectivity index (χ1v) is 5.59. The Kier molecular flexibility index (Phi) is 8.43. The van der Waals surface area contributed by atoms with Gasteiger partial charge >= 0.3 is 0 Å². The Bertz CT molecular complexity index is 399. The summed E-state index contributed by atoms with van der Waals surface area (Å²) in [5, 5.41) is 15.2. The molecule has 4 nitrogen and oxygen atoms in total. The number of phenolic OH excluding ortho intramolecular Hbond substituents is 1. The Morgan fingerprint density at radius 3 is 2.67 bits per heavy atom. The van der Waals surface area contributed by atoms with Gasteiger partial charge in [0.2, 0.25) is 0 Å². The van der Waals surface area contributed by atoms with Crippen LogP contribution >= 0.6 is 24.0 Å². The summed E-state index contributed by atoms with van der Waals surface area (Å²) in [7, 11) is 1.68. The molecule has 0 aliphatic carbocycles. The van der Waals surface area contributed by atoms with E-state index in [1.54, 1.807) is 13.1 Å². The molecule has 0 fully saturated rings. The Hall–Kier alpha value is -1.05. The Labute approximate surface area is 124 Å². The van der Waals surface area contributed by atoms with E-state index < -0.39 is 5.82 Å². The zero-order valence-electron chi connectivity index (χ0n) is 10.5. The summed E-state index contributed by atoms with van der Waals surface area (Å²) in [4.78, 5) is 4.03. The number of aliphatic imine (C=N–C) groups is 1. The van der Waals surface area contributed by atoms with E-state index in [1.165, 1.54) is 12.1 Å². The van der Waals surface area contributed by atoms with Gasteiger partial charge in [-0.25, -0.2) is 4.39 Å². The maximum absolute atomic E-state index is 13.1. The number of rotatable bonds is 4. The minimum Gasteiger partial charge on any atom is -0.505 e. The van der Waals surface area contributed by atoms with Gasteiger partial charge in [-0.15, -0.1) is 24.0 Å². The Morgan fingerprint density at radius 2 is 2.11 bits per heavy atom. The normalized spacial score (nSPS) is 10.7. The van der Waals surface area contributed by atoms with Crippen molar-refractivity contribution in [1.29, 1.82) is 0 Å². The minimum atomic E-state index is -0.610. The molecule has 0 radical (unpaired) electrons. The number of phenols is 1. The van der Waals surface area contributed by atoms with Crippen molar-refractivity contribution < 1.29 is 9.50 Å². The second kappa shape index (κ2) is 8.96. The lowest BCUT2D eigenvalue weighted by Crippen LogP contribution is -2.37. The molecule has 0 atom stereocenters. The van der Waals surface area contributed by atoms with Gasteiger partial charge in [-0.05, 0) is 24.1 Å². The Balaban J connectivity index is 0.00000289. The molecule has 0 aliphatic heterocycles. The van der Waals surface area contributed by atoms with Crippen LogP contribution in [0.5, 0.6) is 5.75 Å². The van der Waals surface area contributed by atoms with E-state index in [4.69, 9.17) is 5.11 Å². The number of hydrogen-bond acceptors (Lipinski definition) is 2. The molecule has 0 heterocycles. The average Bonchev–Trinajstić information content (AvgIpc) is 2.34. The van der Waals surface area contributed by atoms with E-state index >= 15 is 0 Å². The van der Waals surface area contributed by atoms with Crippen LogP contribution in [0.1, 0.15) is 18.9 Å². The molecule has 102 valence electrons. The minimum absolute atomic E-state index is 0. The van der Waals surface area contributed by atoms with Crippen molar-refractivity contribution in [3.05, 3.63) is 29.6 Å². The Morgan fingerprint density at radius 1 is 1.39 bits per heavy atom. The third-order valence-electron chi connectivity index (χ3n) is 2.24. The lowest BCUT2D eigenvalue weighted by atomic mass is 10.2. The van der Waals surface area contributed by atoms with Crippen molar-refractivity contribution in [3.63, 3.8) is 0 Å². The molecule has 1 aromatic rings. The molecule has 0 spiro atoms. The number of nitrogens with one attached hydrogen (secondary N) is 2. The van der Waals surface area contributed by atoms with E-state index in [1.807, 2.05) is 0 Å². The molecule has 0 saturated heterocycles. The van der Waals surface area contributed by atoms with Gasteiger partial charge in [-0.1, -0.05) is 13.0 Å². The van der Waals surface area contributed by atoms with Gasteiger partial charge in [0.15, 0.2) is 17.5 Å². The molecule has 0 bridgehead atoms. The molecular weight excluding hydrogens is 348 g/mol. The molecule has 3 N–H and O–H groups in total. The van der Waals surface area contributed by atoms with Crippen LogP contribution in [0.2, 0.25) is 0 Å². The summed E-state index contributed by atoms with van der Waals surface area (Å²) >= 11 is 0. The highest BCUT2D eigenvalue weighted by molar-refractivity contribution is 14.0. The van der Waals surface area contributed by atoms with Crippen LogP contribution in [0.4, 0.5) is 4.39 Å². The van der Waals surface area contributed by atoms with E-state index in [-0.39, 0.29) is 29.7 Å². The van der Waals surface area contributed by atoms with Crippen molar-refractivity contribution in [3.8, 4) is 5.75 Å². The molecule has 0 amide bonds. The van der Waals surface area contributed by atoms with Gasteiger partial charge < -0.3 is 15.7 Å². The first kappa shape index (κ1) is 16.9. The average molecular weight is 367 g/mol. The van der Waals surface area contributed by atoms with Crippen molar-refractivity contribution in [2.45, 2.75) is 19.9 Å². The summed E-state index contributed by atoms with van der Waals surface area (Å²) in [6.45, 7) is 3.36. The van der Waals surface area contributed by atoms with E-state index in [2.05, 4.69) is 22.5 Å². The molecule has 0 saturated carbocycles. The van der Waals surface area contributed by atoms with Crippen molar-refractivity contribution in [2.75, 3.05) is 13.6 Å². The van der Waals surface area contributed by atoms with Gasteiger partial charge in [0.05, 0.1) is 0 Å². The molecule has 18 heavy (non-hydrogen) atoms. The molecule has 0 aromatic heterocycles. The highest BCUT2D eigenvalue weighted by Gasteiger charge is 2.02. The van der Waals surface area contributed by atoms with Crippen molar-refractivity contribution >= 4 is 29.9 Å². The quantitative estimate of drug-likeness (QED) is 0.435. The highest BCUT2D eigenvalue weighted by atomic mass is 127. The molecular formula is C12H19FIN3O. The van der Waals surface area contributed by atoms with Crippen LogP contribution in [0.25, 0.3) is 0 Å². The van der Waals surface area contributed by atoms with Crippen LogP contribution in [0, 0.1) is 5.82 Å². The fourth-order valence-corrected chi connectivity index (χ4v) is 1.31. The summed E-state index contributed by atoms with van der Waals surface area (Å²) < 4.78 is 13.1. The zero-order valence-corrected chi connectivity index (χ0v) is 12.9. The second-order valence-electron chi connectivity index (χ2n) is 3.64. The predicted octanol–water partition coefficient (Wildman–Crippen LogP) is 2.22. The van der Waals surface area contributed by atoms with Gasteiger partial charge in [0.1, 0.15) is 0 Å². The highest BCUT2D eigenvalue weighted by Crippen LogP contribution is 2.15. The van der Waals surface area contributed by atoms with Crippen molar-refractivity contribution in [1.82, 2.24) is 10.6 Å². The second-order valence-corrected chi connectivity index (χ2v) is 3.64. The van der Waals surface area contributed by atoms with Crippen LogP contribution in [-0.2, 0) is 6.54 Å². The summed E-state index contributed by atoms with van der Waals surface area (Å²) in [6, 6.07) is 4.31. The fraction of sp³-hybridized carbons (Fsp3) is 0.417. The maximum atomic E-state index is 13.1. The lowest BCUT2D eigenvalue weighted by molar-refractivity contribution is 0.431. The topological polar surface area (TPSA) is 56.7 Å². The number of halogens is 2. The van der Waals surface area contributed by atoms with E-state index in [9.17, 15) is 4.39 Å². The monoisotopic (exact) mass is 367 g/mol. The van der Waals surface area contributed by atoms with E-state index in [0.29, 0.717) is 12.5 Å². The zero-order chi connectivity index (χ0) is 12.7. The summed E-state index contributed by atoms with van der Waals surface area (Å²) in [6.07, 6.45) is 1.01. The van der Waals surface area contributed by atoms with Gasteiger partial charge in [-0.3, -0.25) is 4.99 Å². The third-order valence-corrected chi connectivity index (χ3v) is 2.24. The predicted molar refractivity (Wildman–Crippen MR) is 82.0 cm³/mol. The standard InChI is InChI=1S/C12H18FN3O.HI/c1-3-6-15-12(14-2)16-8-9-4-5-11(17)10(13)7-9;/h4-5,7,17H,3,6,8H2,1-2H3,(H2,14,15,16);1H. The fourth-order valence-electron chi connectivity index (χ4n) is 1.31. The first-order chi connectivity index (χ1) is 8.17. The number of guanidine groups is 1. The largest absolute Gasteiger partial charge is 0.505 e. The van der Waals surface area contributed by atoms with Crippen LogP contribution in [-0.4, -0.2) is 24.7 Å². The lowest BCUT2D eigenvalue weighted by Gasteiger charge is -2.11. The summed E-state index contributed by atoms with van der Waals surface area (Å²) in [5.74, 6) is -0.261. The number of aromatic hydroxyl groups is 1. The van der Waals surface area contributed by atoms with Gasteiger partial charge in [-0.2, -0.15) is 0 Å². The van der Waals surface area contributed by atoms with Crippen LogP contribution < -0.4 is 10.6 Å². The molecule has 1 rings (SSSR count). The smallest absolute Gasteiger partial charge is 0.191 e.